The quantitative estimate of drug-likeness (QED) is 0.695. The number of fused-ring (bicyclic) bond motifs is 1. The summed E-state index contributed by atoms with van der Waals surface area (Å²) in [6.07, 6.45) is 0.892. The second-order valence-corrected chi connectivity index (χ2v) is 7.03. The highest BCUT2D eigenvalue weighted by molar-refractivity contribution is 7.86. The van der Waals surface area contributed by atoms with E-state index in [1.165, 1.54) is 12.1 Å². The van der Waals surface area contributed by atoms with E-state index in [-0.39, 0.29) is 10.8 Å². The Morgan fingerprint density at radius 3 is 2.20 bits per heavy atom. The topological polar surface area (TPSA) is 83.5 Å². The van der Waals surface area contributed by atoms with Gasteiger partial charge in [-0.2, -0.15) is 8.42 Å². The molecule has 0 unspecified atom stereocenters. The monoisotopic (exact) mass is 355 g/mol. The lowest BCUT2D eigenvalue weighted by Crippen LogP contribution is -2.12. The third kappa shape index (κ3) is 3.55. The van der Waals surface area contributed by atoms with Gasteiger partial charge in [-0.25, -0.2) is 0 Å². The van der Waals surface area contributed by atoms with Gasteiger partial charge in [0.15, 0.2) is 0 Å². The van der Waals surface area contributed by atoms with E-state index in [0.717, 1.165) is 12.0 Å². The minimum Gasteiger partial charge on any atom is -0.321 e. The Hall–Kier alpha value is -2.70. The molecule has 0 atom stereocenters. The zero-order chi connectivity index (χ0) is 18.0. The summed E-state index contributed by atoms with van der Waals surface area (Å²) >= 11 is 0. The summed E-state index contributed by atoms with van der Waals surface area (Å²) in [5.41, 5.74) is 2.13. The van der Waals surface area contributed by atoms with Gasteiger partial charge in [-0.05, 0) is 36.2 Å². The van der Waals surface area contributed by atoms with Crippen LogP contribution in [0, 0.1) is 0 Å². The molecular weight excluding hydrogens is 338 g/mol. The van der Waals surface area contributed by atoms with Gasteiger partial charge in [-0.1, -0.05) is 43.3 Å². The van der Waals surface area contributed by atoms with Gasteiger partial charge in [0.1, 0.15) is 4.90 Å². The lowest BCUT2D eigenvalue weighted by Gasteiger charge is -2.11. The van der Waals surface area contributed by atoms with Crippen molar-refractivity contribution >= 4 is 32.5 Å². The van der Waals surface area contributed by atoms with Crippen LogP contribution in [0.2, 0.25) is 0 Å². The number of hydrogen-bond donors (Lipinski definition) is 2. The highest BCUT2D eigenvalue weighted by Gasteiger charge is 2.16. The number of rotatable bonds is 4. The largest absolute Gasteiger partial charge is 0.321 e. The molecule has 0 aromatic heterocycles. The van der Waals surface area contributed by atoms with Crippen LogP contribution >= 0.6 is 0 Å². The summed E-state index contributed by atoms with van der Waals surface area (Å²) in [6.45, 7) is 2.04. The molecular formula is C19H17NO4S. The van der Waals surface area contributed by atoms with E-state index in [4.69, 9.17) is 0 Å². The van der Waals surface area contributed by atoms with Gasteiger partial charge in [0.2, 0.25) is 0 Å². The molecule has 0 saturated heterocycles. The Labute approximate surface area is 146 Å². The van der Waals surface area contributed by atoms with Gasteiger partial charge < -0.3 is 5.32 Å². The molecule has 3 rings (SSSR count). The van der Waals surface area contributed by atoms with Crippen LogP contribution in [0.1, 0.15) is 22.8 Å². The zero-order valence-electron chi connectivity index (χ0n) is 13.6. The highest BCUT2D eigenvalue weighted by Crippen LogP contribution is 2.29. The molecule has 0 radical (unpaired) electrons. The van der Waals surface area contributed by atoms with Crippen molar-refractivity contribution < 1.29 is 17.8 Å². The number of hydrogen-bond acceptors (Lipinski definition) is 3. The molecule has 0 heterocycles. The van der Waals surface area contributed by atoms with Crippen LogP contribution in [-0.4, -0.2) is 18.9 Å². The van der Waals surface area contributed by atoms with Crippen molar-refractivity contribution in [2.75, 3.05) is 5.32 Å². The molecule has 0 saturated carbocycles. The van der Waals surface area contributed by atoms with E-state index in [2.05, 4.69) is 5.32 Å². The van der Waals surface area contributed by atoms with Crippen LogP contribution < -0.4 is 5.32 Å². The molecule has 5 nitrogen and oxygen atoms in total. The second-order valence-electron chi connectivity index (χ2n) is 5.64. The highest BCUT2D eigenvalue weighted by atomic mass is 32.2. The van der Waals surface area contributed by atoms with Crippen molar-refractivity contribution in [3.63, 3.8) is 0 Å². The summed E-state index contributed by atoms with van der Waals surface area (Å²) in [6, 6.07) is 16.8. The summed E-state index contributed by atoms with van der Waals surface area (Å²) < 4.78 is 32.4. The predicted molar refractivity (Wildman–Crippen MR) is 97.5 cm³/mol. The van der Waals surface area contributed by atoms with Crippen LogP contribution in [0.15, 0.2) is 65.6 Å². The Bertz CT molecular complexity index is 1040. The molecule has 0 aliphatic rings. The molecule has 3 aromatic rings. The first-order chi connectivity index (χ1) is 11.9. The van der Waals surface area contributed by atoms with Gasteiger partial charge >= 0.3 is 0 Å². The van der Waals surface area contributed by atoms with Crippen molar-refractivity contribution in [3.05, 3.63) is 71.8 Å². The Morgan fingerprint density at radius 1 is 0.960 bits per heavy atom. The fraction of sp³-hybridized carbons (Fsp3) is 0.105. The van der Waals surface area contributed by atoms with Crippen molar-refractivity contribution in [1.82, 2.24) is 0 Å². The van der Waals surface area contributed by atoms with Crippen molar-refractivity contribution in [2.24, 2.45) is 0 Å². The molecule has 0 aliphatic carbocycles. The SMILES string of the molecule is CCc1ccc(C(=O)Nc2ccc(S(=O)(=O)O)c3ccccc23)cc1. The molecule has 0 fully saturated rings. The smallest absolute Gasteiger partial charge is 0.295 e. The molecule has 0 bridgehead atoms. The first-order valence-corrected chi connectivity index (χ1v) is 9.23. The molecule has 2 N–H and O–H groups in total. The number of aryl methyl sites for hydroxylation is 1. The van der Waals surface area contributed by atoms with Crippen LogP contribution in [0.25, 0.3) is 10.8 Å². The Morgan fingerprint density at radius 2 is 1.60 bits per heavy atom. The molecule has 0 spiro atoms. The molecule has 6 heteroatoms. The number of nitrogens with one attached hydrogen (secondary N) is 1. The molecule has 128 valence electrons. The number of carbonyl (C=O) groups is 1. The molecule has 0 aliphatic heterocycles. The van der Waals surface area contributed by atoms with E-state index in [9.17, 15) is 17.8 Å². The molecule has 1 amide bonds. The number of anilines is 1. The average Bonchev–Trinajstić information content (AvgIpc) is 2.61. The maximum Gasteiger partial charge on any atom is 0.295 e. The summed E-state index contributed by atoms with van der Waals surface area (Å²) in [4.78, 5) is 12.3. The van der Waals surface area contributed by atoms with Crippen molar-refractivity contribution in [2.45, 2.75) is 18.2 Å². The summed E-state index contributed by atoms with van der Waals surface area (Å²) in [7, 11) is -4.35. The maximum absolute atomic E-state index is 12.5. The van der Waals surface area contributed by atoms with Gasteiger partial charge in [-0.3, -0.25) is 9.35 Å². The number of carbonyl (C=O) groups excluding carboxylic acids is 1. The minimum absolute atomic E-state index is 0.187. The fourth-order valence-corrected chi connectivity index (χ4v) is 3.39. The van der Waals surface area contributed by atoms with Crippen LogP contribution in [0.4, 0.5) is 5.69 Å². The molecule has 25 heavy (non-hydrogen) atoms. The van der Waals surface area contributed by atoms with Crippen molar-refractivity contribution in [1.29, 1.82) is 0 Å². The van der Waals surface area contributed by atoms with Gasteiger partial charge in [0.05, 0.1) is 0 Å². The van der Waals surface area contributed by atoms with Gasteiger partial charge in [0.25, 0.3) is 16.0 Å². The van der Waals surface area contributed by atoms with E-state index in [0.29, 0.717) is 22.0 Å². The lowest BCUT2D eigenvalue weighted by atomic mass is 10.1. The van der Waals surface area contributed by atoms with E-state index < -0.39 is 10.1 Å². The third-order valence-corrected chi connectivity index (χ3v) is 4.95. The minimum atomic E-state index is -4.35. The van der Waals surface area contributed by atoms with Crippen LogP contribution in [-0.2, 0) is 16.5 Å². The second kappa shape index (κ2) is 6.66. The van der Waals surface area contributed by atoms with Gasteiger partial charge in [0, 0.05) is 22.0 Å². The van der Waals surface area contributed by atoms with Crippen molar-refractivity contribution in [3.8, 4) is 0 Å². The summed E-state index contributed by atoms with van der Waals surface area (Å²) in [5, 5.41) is 3.69. The zero-order valence-corrected chi connectivity index (χ0v) is 14.4. The summed E-state index contributed by atoms with van der Waals surface area (Å²) in [5.74, 6) is -0.285. The lowest BCUT2D eigenvalue weighted by molar-refractivity contribution is 0.102. The van der Waals surface area contributed by atoms with Crippen LogP contribution in [0.5, 0.6) is 0 Å². The van der Waals surface area contributed by atoms with Crippen LogP contribution in [0.3, 0.4) is 0 Å². The van der Waals surface area contributed by atoms with E-state index in [1.54, 1.807) is 36.4 Å². The third-order valence-electron chi connectivity index (χ3n) is 4.03. The fourth-order valence-electron chi connectivity index (χ4n) is 2.69. The average molecular weight is 355 g/mol. The van der Waals surface area contributed by atoms with E-state index >= 15 is 0 Å². The number of benzene rings is 3. The number of amides is 1. The predicted octanol–water partition coefficient (Wildman–Crippen LogP) is 3.90. The Kier molecular flexibility index (Phi) is 4.57. The van der Waals surface area contributed by atoms with E-state index in [1.807, 2.05) is 19.1 Å². The normalized spacial score (nSPS) is 11.4. The maximum atomic E-state index is 12.5. The standard InChI is InChI=1S/C19H17NO4S/c1-2-13-7-9-14(10-8-13)19(21)20-17-11-12-18(25(22,23)24)16-6-4-3-5-15(16)17/h3-12H,2H2,1H3,(H,20,21)(H,22,23,24). The first kappa shape index (κ1) is 17.1. The first-order valence-electron chi connectivity index (χ1n) is 7.79. The van der Waals surface area contributed by atoms with Gasteiger partial charge in [-0.15, -0.1) is 0 Å². The molecule has 3 aromatic carbocycles. The Balaban J connectivity index is 2.00.